The minimum absolute atomic E-state index is 0.255. The number of hydrogen-bond acceptors (Lipinski definition) is 4. The van der Waals surface area contributed by atoms with E-state index in [-0.39, 0.29) is 12.0 Å². The second kappa shape index (κ2) is 4.53. The Kier molecular flexibility index (Phi) is 3.10. The lowest BCUT2D eigenvalue weighted by atomic mass is 9.94. The van der Waals surface area contributed by atoms with Gasteiger partial charge in [-0.2, -0.15) is 0 Å². The number of rotatable bonds is 2. The summed E-state index contributed by atoms with van der Waals surface area (Å²) in [6.45, 7) is 0.791. The van der Waals surface area contributed by atoms with Gasteiger partial charge >= 0.3 is 5.97 Å². The Bertz CT molecular complexity index is 403. The molecule has 0 radical (unpaired) electrons. The van der Waals surface area contributed by atoms with Gasteiger partial charge in [-0.05, 0) is 29.7 Å². The molecule has 0 saturated heterocycles. The van der Waals surface area contributed by atoms with E-state index in [4.69, 9.17) is 9.47 Å². The number of fused-ring (bicyclic) bond motifs is 1. The van der Waals surface area contributed by atoms with Crippen LogP contribution in [0.5, 0.6) is 5.75 Å². The van der Waals surface area contributed by atoms with E-state index in [1.165, 1.54) is 12.7 Å². The maximum absolute atomic E-state index is 11.6. The maximum atomic E-state index is 11.6. The first-order chi connectivity index (χ1) is 7.76. The number of carbonyl (C=O) groups excluding carboxylic acids is 1. The Hall–Kier alpha value is -1.55. The molecule has 0 aliphatic carbocycles. The third-order valence-electron chi connectivity index (χ3n) is 2.84. The molecule has 0 amide bonds. The molecule has 4 nitrogen and oxygen atoms in total. The fraction of sp³-hybridized carbons (Fsp3) is 0.417. The Morgan fingerprint density at radius 3 is 2.94 bits per heavy atom. The van der Waals surface area contributed by atoms with Crippen molar-refractivity contribution < 1.29 is 14.3 Å². The van der Waals surface area contributed by atoms with Gasteiger partial charge in [0.05, 0.1) is 14.2 Å². The van der Waals surface area contributed by atoms with E-state index >= 15 is 0 Å². The highest BCUT2D eigenvalue weighted by Crippen LogP contribution is 2.27. The number of carbonyl (C=O) groups is 1. The van der Waals surface area contributed by atoms with Gasteiger partial charge in [0.1, 0.15) is 11.8 Å². The molecule has 0 bridgehead atoms. The van der Waals surface area contributed by atoms with Crippen LogP contribution < -0.4 is 10.1 Å². The first kappa shape index (κ1) is 11.0. The molecule has 1 aromatic rings. The third kappa shape index (κ3) is 1.88. The lowest BCUT2D eigenvalue weighted by Crippen LogP contribution is -2.35. The van der Waals surface area contributed by atoms with Crippen LogP contribution in [0.15, 0.2) is 18.2 Å². The molecule has 1 aliphatic heterocycles. The fourth-order valence-corrected chi connectivity index (χ4v) is 1.99. The van der Waals surface area contributed by atoms with Crippen LogP contribution in [-0.2, 0) is 16.0 Å². The van der Waals surface area contributed by atoms with Crippen LogP contribution in [0.25, 0.3) is 0 Å². The standard InChI is InChI=1S/C12H15NO3/c1-15-9-4-3-8-5-6-13-11(10(8)7-9)12(14)16-2/h3-4,7,11,13H,5-6H2,1-2H3. The number of hydrogen-bond donors (Lipinski definition) is 1. The van der Waals surface area contributed by atoms with Crippen molar-refractivity contribution in [1.82, 2.24) is 5.32 Å². The summed E-state index contributed by atoms with van der Waals surface area (Å²) in [5.41, 5.74) is 2.13. The van der Waals surface area contributed by atoms with E-state index in [9.17, 15) is 4.79 Å². The van der Waals surface area contributed by atoms with E-state index in [2.05, 4.69) is 5.32 Å². The van der Waals surface area contributed by atoms with Crippen LogP contribution in [0.1, 0.15) is 17.2 Å². The second-order valence-corrected chi connectivity index (χ2v) is 3.73. The first-order valence-corrected chi connectivity index (χ1v) is 5.24. The zero-order valence-corrected chi connectivity index (χ0v) is 9.45. The third-order valence-corrected chi connectivity index (χ3v) is 2.84. The van der Waals surface area contributed by atoms with Crippen LogP contribution in [0.4, 0.5) is 0 Å². The minimum Gasteiger partial charge on any atom is -0.497 e. The molecule has 0 spiro atoms. The summed E-state index contributed by atoms with van der Waals surface area (Å²) in [4.78, 5) is 11.6. The monoisotopic (exact) mass is 221 g/mol. The predicted octanol–water partition coefficient (Wildman–Crippen LogP) is 1.05. The molecule has 1 aliphatic rings. The Balaban J connectivity index is 2.39. The lowest BCUT2D eigenvalue weighted by Gasteiger charge is -2.25. The van der Waals surface area contributed by atoms with E-state index in [1.807, 2.05) is 18.2 Å². The van der Waals surface area contributed by atoms with Gasteiger partial charge < -0.3 is 14.8 Å². The van der Waals surface area contributed by atoms with Gasteiger partial charge in [0.25, 0.3) is 0 Å². The molecule has 1 N–H and O–H groups in total. The summed E-state index contributed by atoms with van der Waals surface area (Å²) < 4.78 is 9.94. The molecule has 1 atom stereocenters. The SMILES string of the molecule is COC(=O)C1NCCc2ccc(OC)cc21. The van der Waals surface area contributed by atoms with Crippen LogP contribution >= 0.6 is 0 Å². The summed E-state index contributed by atoms with van der Waals surface area (Å²) in [6.07, 6.45) is 0.923. The van der Waals surface area contributed by atoms with Crippen molar-refractivity contribution in [3.8, 4) is 5.75 Å². The summed E-state index contributed by atoms with van der Waals surface area (Å²) in [7, 11) is 3.02. The molecule has 1 aromatic carbocycles. The molecule has 2 rings (SSSR count). The molecule has 0 aromatic heterocycles. The van der Waals surface area contributed by atoms with Gasteiger partial charge in [0.2, 0.25) is 0 Å². The van der Waals surface area contributed by atoms with Crippen molar-refractivity contribution in [2.75, 3.05) is 20.8 Å². The van der Waals surface area contributed by atoms with E-state index in [0.29, 0.717) is 0 Å². The van der Waals surface area contributed by atoms with Crippen LogP contribution in [0.2, 0.25) is 0 Å². The molecule has 4 heteroatoms. The van der Waals surface area contributed by atoms with Crippen molar-refractivity contribution in [2.24, 2.45) is 0 Å². The van der Waals surface area contributed by atoms with E-state index < -0.39 is 0 Å². The summed E-state index contributed by atoms with van der Waals surface area (Å²) >= 11 is 0. The van der Waals surface area contributed by atoms with Gasteiger partial charge in [-0.15, -0.1) is 0 Å². The Morgan fingerprint density at radius 2 is 2.25 bits per heavy atom. The predicted molar refractivity (Wildman–Crippen MR) is 59.5 cm³/mol. The van der Waals surface area contributed by atoms with Crippen LogP contribution in [0.3, 0.4) is 0 Å². The fourth-order valence-electron chi connectivity index (χ4n) is 1.99. The average molecular weight is 221 g/mol. The molecular formula is C12H15NO3. The number of nitrogens with one attached hydrogen (secondary N) is 1. The van der Waals surface area contributed by atoms with Crippen molar-refractivity contribution >= 4 is 5.97 Å². The molecule has 16 heavy (non-hydrogen) atoms. The highest BCUT2D eigenvalue weighted by atomic mass is 16.5. The van der Waals surface area contributed by atoms with Gasteiger partial charge in [-0.3, -0.25) is 0 Å². The second-order valence-electron chi connectivity index (χ2n) is 3.73. The van der Waals surface area contributed by atoms with Crippen molar-refractivity contribution in [1.29, 1.82) is 0 Å². The molecule has 0 saturated carbocycles. The summed E-state index contributed by atoms with van der Waals surface area (Å²) in [5.74, 6) is 0.505. The maximum Gasteiger partial charge on any atom is 0.327 e. The zero-order valence-electron chi connectivity index (χ0n) is 9.45. The lowest BCUT2D eigenvalue weighted by molar-refractivity contribution is -0.143. The summed E-state index contributed by atoms with van der Waals surface area (Å²) in [6, 6.07) is 5.44. The largest absolute Gasteiger partial charge is 0.497 e. The first-order valence-electron chi connectivity index (χ1n) is 5.24. The number of methoxy groups -OCH3 is 2. The van der Waals surface area contributed by atoms with Gasteiger partial charge in [-0.25, -0.2) is 4.79 Å². The number of ether oxygens (including phenoxy) is 2. The normalized spacial score (nSPS) is 18.8. The number of esters is 1. The smallest absolute Gasteiger partial charge is 0.327 e. The summed E-state index contributed by atoms with van der Waals surface area (Å²) in [5, 5.41) is 3.15. The van der Waals surface area contributed by atoms with Crippen molar-refractivity contribution in [3.05, 3.63) is 29.3 Å². The zero-order chi connectivity index (χ0) is 11.5. The molecule has 86 valence electrons. The number of benzene rings is 1. The van der Waals surface area contributed by atoms with Crippen LogP contribution in [-0.4, -0.2) is 26.7 Å². The highest BCUT2D eigenvalue weighted by Gasteiger charge is 2.27. The van der Waals surface area contributed by atoms with E-state index in [0.717, 1.165) is 24.3 Å². The average Bonchev–Trinajstić information content (AvgIpc) is 2.36. The topological polar surface area (TPSA) is 47.6 Å². The molecular weight excluding hydrogens is 206 g/mol. The quantitative estimate of drug-likeness (QED) is 0.758. The molecule has 1 heterocycles. The van der Waals surface area contributed by atoms with E-state index in [1.54, 1.807) is 7.11 Å². The Labute approximate surface area is 94.6 Å². The van der Waals surface area contributed by atoms with Gasteiger partial charge in [0, 0.05) is 6.54 Å². The van der Waals surface area contributed by atoms with Gasteiger partial charge in [0.15, 0.2) is 0 Å². The molecule has 1 unspecified atom stereocenters. The van der Waals surface area contributed by atoms with Crippen molar-refractivity contribution in [3.63, 3.8) is 0 Å². The highest BCUT2D eigenvalue weighted by molar-refractivity contribution is 5.78. The van der Waals surface area contributed by atoms with Gasteiger partial charge in [-0.1, -0.05) is 6.07 Å². The Morgan fingerprint density at radius 1 is 1.44 bits per heavy atom. The minimum atomic E-state index is -0.371. The van der Waals surface area contributed by atoms with Crippen molar-refractivity contribution in [2.45, 2.75) is 12.5 Å². The molecule has 0 fully saturated rings. The van der Waals surface area contributed by atoms with Crippen LogP contribution in [0, 0.1) is 0 Å².